The normalized spacial score (nSPS) is 17.9. The first-order valence-corrected chi connectivity index (χ1v) is 9.81. The average molecular weight is 366 g/mol. The number of furan rings is 1. The lowest BCUT2D eigenvalue weighted by Crippen LogP contribution is -2.30. The number of carbonyl (C=O) groups is 1. The highest BCUT2D eigenvalue weighted by atomic mass is 32.2. The van der Waals surface area contributed by atoms with Gasteiger partial charge in [0.1, 0.15) is 5.58 Å². The first-order chi connectivity index (χ1) is 11.9. The van der Waals surface area contributed by atoms with E-state index in [1.807, 2.05) is 0 Å². The van der Waals surface area contributed by atoms with Crippen molar-refractivity contribution in [2.24, 2.45) is 5.92 Å². The number of nitrogens with one attached hydrogen (secondary N) is 2. The summed E-state index contributed by atoms with van der Waals surface area (Å²) in [4.78, 5) is 12.1. The van der Waals surface area contributed by atoms with Gasteiger partial charge in [-0.1, -0.05) is 0 Å². The summed E-state index contributed by atoms with van der Waals surface area (Å²) in [7, 11) is -3.61. The molecule has 2 aromatic rings. The quantitative estimate of drug-likeness (QED) is 0.757. The molecular formula is C17H22N2O5S. The Morgan fingerprint density at radius 1 is 1.44 bits per heavy atom. The Balaban J connectivity index is 1.86. The van der Waals surface area contributed by atoms with Crippen molar-refractivity contribution in [1.82, 2.24) is 10.0 Å². The number of sulfonamides is 1. The van der Waals surface area contributed by atoms with Crippen molar-refractivity contribution in [2.45, 2.75) is 25.2 Å². The SMILES string of the molecule is CCOC(=O)c1oc2ccc(S(=O)(=O)NCC3CCNC3)cc2c1C. The van der Waals surface area contributed by atoms with Crippen LogP contribution in [0, 0.1) is 12.8 Å². The van der Waals surface area contributed by atoms with Gasteiger partial charge in [0.15, 0.2) is 0 Å². The predicted molar refractivity (Wildman–Crippen MR) is 93.1 cm³/mol. The minimum Gasteiger partial charge on any atom is -0.460 e. The number of esters is 1. The Morgan fingerprint density at radius 2 is 2.24 bits per heavy atom. The van der Waals surface area contributed by atoms with E-state index in [1.54, 1.807) is 19.9 Å². The monoisotopic (exact) mass is 366 g/mol. The lowest BCUT2D eigenvalue weighted by atomic mass is 10.1. The third kappa shape index (κ3) is 3.70. The highest BCUT2D eigenvalue weighted by Crippen LogP contribution is 2.28. The van der Waals surface area contributed by atoms with Crippen LogP contribution in [0.25, 0.3) is 11.0 Å². The molecule has 0 spiro atoms. The van der Waals surface area contributed by atoms with Gasteiger partial charge in [0.25, 0.3) is 0 Å². The van der Waals surface area contributed by atoms with Gasteiger partial charge in [-0.2, -0.15) is 0 Å². The number of aryl methyl sites for hydroxylation is 1. The van der Waals surface area contributed by atoms with Gasteiger partial charge >= 0.3 is 5.97 Å². The van der Waals surface area contributed by atoms with E-state index in [-0.39, 0.29) is 17.3 Å². The van der Waals surface area contributed by atoms with E-state index in [0.717, 1.165) is 19.5 Å². The molecule has 1 aromatic carbocycles. The molecule has 136 valence electrons. The number of hydrogen-bond acceptors (Lipinski definition) is 6. The number of hydrogen-bond donors (Lipinski definition) is 2. The molecule has 1 fully saturated rings. The average Bonchev–Trinajstić information content (AvgIpc) is 3.21. The number of ether oxygens (including phenoxy) is 1. The molecule has 2 N–H and O–H groups in total. The van der Waals surface area contributed by atoms with Crippen LogP contribution in [0.15, 0.2) is 27.5 Å². The zero-order valence-electron chi connectivity index (χ0n) is 14.3. The molecule has 0 aliphatic carbocycles. The van der Waals surface area contributed by atoms with Gasteiger partial charge in [-0.3, -0.25) is 0 Å². The molecule has 1 unspecified atom stereocenters. The second-order valence-corrected chi connectivity index (χ2v) is 7.91. The van der Waals surface area contributed by atoms with Gasteiger partial charge in [-0.25, -0.2) is 17.9 Å². The molecule has 25 heavy (non-hydrogen) atoms. The fraction of sp³-hybridized carbons (Fsp3) is 0.471. The molecule has 7 nitrogen and oxygen atoms in total. The van der Waals surface area contributed by atoms with Gasteiger partial charge in [-0.15, -0.1) is 0 Å². The summed E-state index contributed by atoms with van der Waals surface area (Å²) in [6.45, 7) is 5.83. The van der Waals surface area contributed by atoms with Crippen molar-refractivity contribution in [2.75, 3.05) is 26.2 Å². The Morgan fingerprint density at radius 3 is 2.92 bits per heavy atom. The lowest BCUT2D eigenvalue weighted by molar-refractivity contribution is 0.0491. The number of carbonyl (C=O) groups excluding carboxylic acids is 1. The van der Waals surface area contributed by atoms with E-state index in [2.05, 4.69) is 10.0 Å². The Labute approximate surface area is 146 Å². The van der Waals surface area contributed by atoms with Crippen LogP contribution in [-0.4, -0.2) is 40.6 Å². The Hall–Kier alpha value is -1.90. The zero-order valence-corrected chi connectivity index (χ0v) is 15.1. The van der Waals surface area contributed by atoms with E-state index >= 15 is 0 Å². The first-order valence-electron chi connectivity index (χ1n) is 8.33. The van der Waals surface area contributed by atoms with Crippen LogP contribution in [0.5, 0.6) is 0 Å². The summed E-state index contributed by atoms with van der Waals surface area (Å²) in [6, 6.07) is 4.58. The van der Waals surface area contributed by atoms with Crippen LogP contribution in [0.4, 0.5) is 0 Å². The van der Waals surface area contributed by atoms with E-state index in [1.165, 1.54) is 12.1 Å². The molecule has 2 heterocycles. The van der Waals surface area contributed by atoms with Crippen LogP contribution in [0.1, 0.15) is 29.5 Å². The maximum atomic E-state index is 12.5. The second kappa shape index (κ2) is 7.15. The second-order valence-electron chi connectivity index (χ2n) is 6.15. The summed E-state index contributed by atoms with van der Waals surface area (Å²) in [5.41, 5.74) is 1.03. The molecule has 0 bridgehead atoms. The van der Waals surface area contributed by atoms with Gasteiger partial charge in [0.05, 0.1) is 11.5 Å². The van der Waals surface area contributed by atoms with Crippen molar-refractivity contribution in [1.29, 1.82) is 0 Å². The zero-order chi connectivity index (χ0) is 18.0. The van der Waals surface area contributed by atoms with Crippen molar-refractivity contribution in [3.05, 3.63) is 29.5 Å². The molecular weight excluding hydrogens is 344 g/mol. The van der Waals surface area contributed by atoms with E-state index in [0.29, 0.717) is 29.0 Å². The van der Waals surface area contributed by atoms with Crippen molar-refractivity contribution in [3.63, 3.8) is 0 Å². The third-order valence-electron chi connectivity index (χ3n) is 4.40. The molecule has 1 aliphatic heterocycles. The van der Waals surface area contributed by atoms with E-state index in [9.17, 15) is 13.2 Å². The van der Waals surface area contributed by atoms with Crippen molar-refractivity contribution < 1.29 is 22.4 Å². The number of rotatable bonds is 6. The summed E-state index contributed by atoms with van der Waals surface area (Å²) < 4.78 is 38.2. The molecule has 0 saturated carbocycles. The summed E-state index contributed by atoms with van der Waals surface area (Å²) in [5.74, 6) is -0.131. The molecule has 1 atom stereocenters. The van der Waals surface area contributed by atoms with Crippen molar-refractivity contribution in [3.8, 4) is 0 Å². The summed E-state index contributed by atoms with van der Waals surface area (Å²) >= 11 is 0. The molecule has 1 aliphatic rings. The van der Waals surface area contributed by atoms with Crippen LogP contribution in [0.2, 0.25) is 0 Å². The lowest BCUT2D eigenvalue weighted by Gasteiger charge is -2.10. The minimum absolute atomic E-state index is 0.108. The first kappa shape index (κ1) is 17.9. The molecule has 0 radical (unpaired) electrons. The molecule has 0 amide bonds. The predicted octanol–water partition coefficient (Wildman–Crippen LogP) is 1.81. The number of benzene rings is 1. The number of fused-ring (bicyclic) bond motifs is 1. The van der Waals surface area contributed by atoms with Gasteiger partial charge in [0, 0.05) is 17.5 Å². The maximum absolute atomic E-state index is 12.5. The maximum Gasteiger partial charge on any atom is 0.374 e. The largest absolute Gasteiger partial charge is 0.460 e. The molecule has 1 aromatic heterocycles. The van der Waals surface area contributed by atoms with Crippen molar-refractivity contribution >= 4 is 27.0 Å². The smallest absolute Gasteiger partial charge is 0.374 e. The fourth-order valence-electron chi connectivity index (χ4n) is 2.96. The molecule has 3 rings (SSSR count). The van der Waals surface area contributed by atoms with Gasteiger partial charge in [-0.05, 0) is 57.5 Å². The fourth-order valence-corrected chi connectivity index (χ4v) is 4.10. The Kier molecular flexibility index (Phi) is 5.12. The molecule has 1 saturated heterocycles. The summed E-state index contributed by atoms with van der Waals surface area (Å²) in [6.07, 6.45) is 0.964. The van der Waals surface area contributed by atoms with Crippen LogP contribution >= 0.6 is 0 Å². The standard InChI is InChI=1S/C17H22N2O5S/c1-3-23-17(20)16-11(2)14-8-13(4-5-15(14)24-16)25(21,22)19-10-12-6-7-18-9-12/h4-5,8,12,18-19H,3,6-7,9-10H2,1-2H3. The van der Waals surface area contributed by atoms with Gasteiger partial charge < -0.3 is 14.5 Å². The van der Waals surface area contributed by atoms with Crippen LogP contribution in [0.3, 0.4) is 0 Å². The summed E-state index contributed by atoms with van der Waals surface area (Å²) in [5, 5.41) is 3.80. The third-order valence-corrected chi connectivity index (χ3v) is 5.82. The van der Waals surface area contributed by atoms with Crippen LogP contribution in [-0.2, 0) is 14.8 Å². The van der Waals surface area contributed by atoms with Crippen LogP contribution < -0.4 is 10.0 Å². The Bertz CT molecular complexity index is 882. The highest BCUT2D eigenvalue weighted by molar-refractivity contribution is 7.89. The van der Waals surface area contributed by atoms with E-state index < -0.39 is 16.0 Å². The minimum atomic E-state index is -3.61. The van der Waals surface area contributed by atoms with E-state index in [4.69, 9.17) is 9.15 Å². The van der Waals surface area contributed by atoms with Gasteiger partial charge in [0.2, 0.25) is 15.8 Å². The topological polar surface area (TPSA) is 97.6 Å². The highest BCUT2D eigenvalue weighted by Gasteiger charge is 2.23. The molecule has 8 heteroatoms.